The van der Waals surface area contributed by atoms with Crippen LogP contribution in [-0.2, 0) is 0 Å². The van der Waals surface area contributed by atoms with Gasteiger partial charge in [0, 0.05) is 12.0 Å². The molecular weight excluding hydrogens is 344 g/mol. The number of rotatable bonds is 3. The van der Waals surface area contributed by atoms with Crippen molar-refractivity contribution in [1.29, 1.82) is 0 Å². The molecule has 2 aromatic carbocycles. The Balaban J connectivity index is 1.49. The number of carbonyl (C=O) groups excluding carboxylic acids is 1. The van der Waals surface area contributed by atoms with Crippen molar-refractivity contribution in [3.63, 3.8) is 0 Å². The Hall–Kier alpha value is -2.55. The largest absolute Gasteiger partial charge is 0.377 e. The zero-order chi connectivity index (χ0) is 18.9. The van der Waals surface area contributed by atoms with E-state index in [1.807, 2.05) is 12.1 Å². The first-order chi connectivity index (χ1) is 13.8. The fraction of sp³-hybridized carbons (Fsp3) is 0.400. The van der Waals surface area contributed by atoms with Crippen LogP contribution in [0.3, 0.4) is 0 Å². The first kappa shape index (κ1) is 17.5. The minimum Gasteiger partial charge on any atom is -0.377 e. The molecule has 0 aromatic heterocycles. The minimum atomic E-state index is 0.0727. The van der Waals surface area contributed by atoms with Gasteiger partial charge in [0.05, 0.1) is 17.3 Å². The molecule has 1 fully saturated rings. The van der Waals surface area contributed by atoms with Crippen molar-refractivity contribution < 1.29 is 4.79 Å². The number of fused-ring (bicyclic) bond motifs is 3. The van der Waals surface area contributed by atoms with Gasteiger partial charge < -0.3 is 10.6 Å². The van der Waals surface area contributed by atoms with Gasteiger partial charge in [-0.25, -0.2) is 0 Å². The van der Waals surface area contributed by atoms with E-state index in [1.54, 1.807) is 0 Å². The van der Waals surface area contributed by atoms with Crippen LogP contribution in [0.15, 0.2) is 60.7 Å². The molecule has 3 nitrogen and oxygen atoms in total. The maximum atomic E-state index is 13.2. The summed E-state index contributed by atoms with van der Waals surface area (Å²) in [5, 5.41) is 7.07. The molecule has 1 amide bonds. The van der Waals surface area contributed by atoms with E-state index < -0.39 is 0 Å². The highest BCUT2D eigenvalue weighted by atomic mass is 16.1. The van der Waals surface area contributed by atoms with Crippen LogP contribution in [0.2, 0.25) is 0 Å². The van der Waals surface area contributed by atoms with Gasteiger partial charge in [-0.15, -0.1) is 0 Å². The van der Waals surface area contributed by atoms with Gasteiger partial charge in [-0.3, -0.25) is 4.79 Å². The van der Waals surface area contributed by atoms with Crippen molar-refractivity contribution in [3.8, 4) is 0 Å². The molecule has 0 bridgehead atoms. The molecule has 2 aliphatic carbocycles. The molecule has 2 N–H and O–H groups in total. The lowest BCUT2D eigenvalue weighted by atomic mass is 9.76. The Morgan fingerprint density at radius 1 is 0.964 bits per heavy atom. The summed E-state index contributed by atoms with van der Waals surface area (Å²) < 4.78 is 0. The standard InChI is InChI=1S/C25H28N2O/c28-25(26-18-11-5-2-6-12-18)22-16-8-15-21-19-13-7-14-20(19)23(27-24(21)22)17-9-3-1-4-10-17/h1,3-4,7-10,13,15-16,18-20,23,27H,2,5-6,11-12,14H2,(H,26,28). The van der Waals surface area contributed by atoms with Crippen molar-refractivity contribution in [2.75, 3.05) is 5.32 Å². The topological polar surface area (TPSA) is 41.1 Å². The van der Waals surface area contributed by atoms with E-state index in [0.717, 1.165) is 30.5 Å². The Kier molecular flexibility index (Phi) is 4.67. The van der Waals surface area contributed by atoms with Gasteiger partial charge in [0.2, 0.25) is 0 Å². The lowest BCUT2D eigenvalue weighted by Gasteiger charge is -2.38. The summed E-state index contributed by atoms with van der Waals surface area (Å²) in [4.78, 5) is 13.2. The van der Waals surface area contributed by atoms with E-state index in [-0.39, 0.29) is 11.9 Å². The number of anilines is 1. The zero-order valence-electron chi connectivity index (χ0n) is 16.2. The fourth-order valence-electron chi connectivity index (χ4n) is 5.31. The van der Waals surface area contributed by atoms with E-state index in [2.05, 4.69) is 59.2 Å². The number of benzene rings is 2. The van der Waals surface area contributed by atoms with E-state index in [4.69, 9.17) is 0 Å². The van der Waals surface area contributed by atoms with E-state index in [0.29, 0.717) is 17.9 Å². The van der Waals surface area contributed by atoms with Crippen molar-refractivity contribution in [1.82, 2.24) is 5.32 Å². The van der Waals surface area contributed by atoms with Gasteiger partial charge in [-0.1, -0.05) is 73.9 Å². The molecular formula is C25H28N2O. The van der Waals surface area contributed by atoms with Crippen LogP contribution in [0.4, 0.5) is 5.69 Å². The summed E-state index contributed by atoms with van der Waals surface area (Å²) in [7, 11) is 0. The van der Waals surface area contributed by atoms with Crippen molar-refractivity contribution in [2.45, 2.75) is 56.5 Å². The van der Waals surface area contributed by atoms with Crippen LogP contribution in [0.5, 0.6) is 0 Å². The summed E-state index contributed by atoms with van der Waals surface area (Å²) in [6, 6.07) is 17.4. The lowest BCUT2D eigenvalue weighted by Crippen LogP contribution is -2.37. The highest BCUT2D eigenvalue weighted by molar-refractivity contribution is 6.01. The smallest absolute Gasteiger partial charge is 0.253 e. The molecule has 144 valence electrons. The molecule has 5 rings (SSSR count). The molecule has 2 aromatic rings. The first-order valence-corrected chi connectivity index (χ1v) is 10.7. The van der Waals surface area contributed by atoms with E-state index in [1.165, 1.54) is 30.4 Å². The first-order valence-electron chi connectivity index (χ1n) is 10.7. The summed E-state index contributed by atoms with van der Waals surface area (Å²) in [6.07, 6.45) is 11.7. The van der Waals surface area contributed by atoms with Gasteiger partial charge in [0.1, 0.15) is 0 Å². The maximum Gasteiger partial charge on any atom is 0.253 e. The van der Waals surface area contributed by atoms with Crippen LogP contribution in [0.1, 0.15) is 72.0 Å². The van der Waals surface area contributed by atoms with Crippen LogP contribution in [0, 0.1) is 5.92 Å². The molecule has 0 radical (unpaired) electrons. The normalized spacial score (nSPS) is 26.2. The van der Waals surface area contributed by atoms with Crippen LogP contribution >= 0.6 is 0 Å². The van der Waals surface area contributed by atoms with Crippen LogP contribution in [0.25, 0.3) is 0 Å². The summed E-state index contributed by atoms with van der Waals surface area (Å²) >= 11 is 0. The Labute approximate surface area is 167 Å². The summed E-state index contributed by atoms with van der Waals surface area (Å²) in [6.45, 7) is 0. The maximum absolute atomic E-state index is 13.2. The van der Waals surface area contributed by atoms with Gasteiger partial charge in [0.15, 0.2) is 0 Å². The van der Waals surface area contributed by atoms with Gasteiger partial charge in [0.25, 0.3) is 5.91 Å². The molecule has 3 heteroatoms. The number of allylic oxidation sites excluding steroid dienone is 2. The number of amides is 1. The Morgan fingerprint density at radius 3 is 2.61 bits per heavy atom. The lowest BCUT2D eigenvalue weighted by molar-refractivity contribution is 0.0928. The second-order valence-electron chi connectivity index (χ2n) is 8.46. The third-order valence-electron chi connectivity index (χ3n) is 6.74. The number of hydrogen-bond acceptors (Lipinski definition) is 2. The number of nitrogens with one attached hydrogen (secondary N) is 2. The number of carbonyl (C=O) groups is 1. The Morgan fingerprint density at radius 2 is 1.79 bits per heavy atom. The van der Waals surface area contributed by atoms with Crippen molar-refractivity contribution in [2.24, 2.45) is 5.92 Å². The third kappa shape index (κ3) is 3.13. The molecule has 0 spiro atoms. The quantitative estimate of drug-likeness (QED) is 0.691. The average molecular weight is 373 g/mol. The number of para-hydroxylation sites is 1. The second kappa shape index (κ2) is 7.46. The SMILES string of the molecule is O=C(NC1CCCCC1)c1cccc2c1NC(c1ccccc1)C1CC=CC21. The molecule has 1 heterocycles. The van der Waals surface area contributed by atoms with E-state index in [9.17, 15) is 4.79 Å². The molecule has 1 aliphatic heterocycles. The molecule has 1 saturated carbocycles. The zero-order valence-corrected chi connectivity index (χ0v) is 16.2. The Bertz CT molecular complexity index is 883. The monoisotopic (exact) mass is 372 g/mol. The van der Waals surface area contributed by atoms with E-state index >= 15 is 0 Å². The van der Waals surface area contributed by atoms with Crippen molar-refractivity contribution >= 4 is 11.6 Å². The van der Waals surface area contributed by atoms with Gasteiger partial charge >= 0.3 is 0 Å². The molecule has 3 aliphatic rings. The predicted molar refractivity (Wildman–Crippen MR) is 114 cm³/mol. The average Bonchev–Trinajstić information content (AvgIpc) is 3.24. The molecule has 0 saturated heterocycles. The van der Waals surface area contributed by atoms with Gasteiger partial charge in [-0.2, -0.15) is 0 Å². The predicted octanol–water partition coefficient (Wildman–Crippen LogP) is 5.58. The number of hydrogen-bond donors (Lipinski definition) is 2. The summed E-state index contributed by atoms with van der Waals surface area (Å²) in [5.41, 5.74) is 4.39. The van der Waals surface area contributed by atoms with Gasteiger partial charge in [-0.05, 0) is 42.4 Å². The highest BCUT2D eigenvalue weighted by Crippen LogP contribution is 2.50. The van der Waals surface area contributed by atoms with Crippen molar-refractivity contribution in [3.05, 3.63) is 77.4 Å². The third-order valence-corrected chi connectivity index (χ3v) is 6.74. The fourth-order valence-corrected chi connectivity index (χ4v) is 5.31. The molecule has 3 unspecified atom stereocenters. The molecule has 3 atom stereocenters. The van der Waals surface area contributed by atoms with Crippen LogP contribution < -0.4 is 10.6 Å². The minimum absolute atomic E-state index is 0.0727. The molecule has 28 heavy (non-hydrogen) atoms. The van der Waals surface area contributed by atoms with Crippen LogP contribution in [-0.4, -0.2) is 11.9 Å². The highest BCUT2D eigenvalue weighted by Gasteiger charge is 2.39. The second-order valence-corrected chi connectivity index (χ2v) is 8.46. The summed E-state index contributed by atoms with van der Waals surface area (Å²) in [5.74, 6) is 0.957.